The zero-order valence-electron chi connectivity index (χ0n) is 16.6. The second-order valence-electron chi connectivity index (χ2n) is 6.62. The maximum Gasteiger partial charge on any atom is 0.340 e. The van der Waals surface area contributed by atoms with Gasteiger partial charge in [-0.1, -0.05) is 30.3 Å². The largest absolute Gasteiger partial charge is 0.462 e. The lowest BCUT2D eigenvalue weighted by molar-refractivity contribution is -0.116. The van der Waals surface area contributed by atoms with Gasteiger partial charge in [0.25, 0.3) is 5.89 Å². The fourth-order valence-electron chi connectivity index (χ4n) is 3.27. The molecule has 1 amide bonds. The number of esters is 1. The summed E-state index contributed by atoms with van der Waals surface area (Å²) in [5, 5.41) is 11.7. The molecule has 1 N–H and O–H groups in total. The molecule has 0 aliphatic heterocycles. The number of fused-ring (bicyclic) bond motifs is 1. The topological polar surface area (TPSA) is 99.2 Å². The predicted molar refractivity (Wildman–Crippen MR) is 111 cm³/mol. The van der Waals surface area contributed by atoms with Gasteiger partial charge in [0.15, 0.2) is 0 Å². The highest BCUT2D eigenvalue weighted by atomic mass is 16.5. The van der Waals surface area contributed by atoms with Crippen molar-refractivity contribution in [2.75, 3.05) is 11.9 Å². The van der Waals surface area contributed by atoms with Crippen LogP contribution in [0.25, 0.3) is 22.5 Å². The molecule has 2 aromatic heterocycles. The number of amides is 1. The Balaban J connectivity index is 1.65. The number of aryl methyl sites for hydroxylation is 1. The van der Waals surface area contributed by atoms with Gasteiger partial charge in [0.1, 0.15) is 12.2 Å². The number of carbonyl (C=O) groups is 2. The number of ether oxygens (including phenoxy) is 1. The Kier molecular flexibility index (Phi) is 5.30. The van der Waals surface area contributed by atoms with Crippen molar-refractivity contribution in [2.24, 2.45) is 0 Å². The standard InChI is InChI=1S/C22H20N4O4/c1-3-29-22(28)16-9-5-6-10-17(16)23-20(27)13-26-18-11-7-4-8-15(18)12-19(26)21-25-24-14(2)30-21/h4-12H,3,13H2,1-2H3,(H,23,27). The average molecular weight is 404 g/mol. The summed E-state index contributed by atoms with van der Waals surface area (Å²) in [5.74, 6) is -0.00882. The van der Waals surface area contributed by atoms with Crippen molar-refractivity contribution < 1.29 is 18.7 Å². The van der Waals surface area contributed by atoms with E-state index in [-0.39, 0.29) is 19.1 Å². The lowest BCUT2D eigenvalue weighted by Gasteiger charge is -2.12. The van der Waals surface area contributed by atoms with Gasteiger partial charge in [0.2, 0.25) is 11.8 Å². The Morgan fingerprint density at radius 2 is 1.87 bits per heavy atom. The summed E-state index contributed by atoms with van der Waals surface area (Å²) in [7, 11) is 0. The minimum absolute atomic E-state index is 0.00142. The number of hydrogen-bond acceptors (Lipinski definition) is 6. The van der Waals surface area contributed by atoms with E-state index < -0.39 is 5.97 Å². The summed E-state index contributed by atoms with van der Waals surface area (Å²) < 4.78 is 12.5. The van der Waals surface area contributed by atoms with E-state index in [0.717, 1.165) is 10.9 Å². The van der Waals surface area contributed by atoms with Crippen molar-refractivity contribution in [1.29, 1.82) is 0 Å². The van der Waals surface area contributed by atoms with Crippen LogP contribution in [-0.4, -0.2) is 33.2 Å². The van der Waals surface area contributed by atoms with Gasteiger partial charge in [-0.25, -0.2) is 4.79 Å². The van der Waals surface area contributed by atoms with Gasteiger partial charge in [-0.2, -0.15) is 0 Å². The van der Waals surface area contributed by atoms with Crippen molar-refractivity contribution in [1.82, 2.24) is 14.8 Å². The van der Waals surface area contributed by atoms with E-state index in [1.165, 1.54) is 0 Å². The predicted octanol–water partition coefficient (Wildman–Crippen LogP) is 3.82. The first-order valence-corrected chi connectivity index (χ1v) is 9.51. The lowest BCUT2D eigenvalue weighted by Crippen LogP contribution is -2.21. The van der Waals surface area contributed by atoms with Crippen LogP contribution in [0.1, 0.15) is 23.2 Å². The van der Waals surface area contributed by atoms with Gasteiger partial charge in [-0.05, 0) is 31.2 Å². The van der Waals surface area contributed by atoms with Gasteiger partial charge in [-0.3, -0.25) is 4.79 Å². The summed E-state index contributed by atoms with van der Waals surface area (Å²) in [6.45, 7) is 3.70. The molecule has 2 aromatic carbocycles. The van der Waals surface area contributed by atoms with E-state index in [2.05, 4.69) is 15.5 Å². The maximum absolute atomic E-state index is 12.9. The zero-order chi connectivity index (χ0) is 21.1. The van der Waals surface area contributed by atoms with E-state index in [0.29, 0.717) is 28.7 Å². The molecule has 0 radical (unpaired) electrons. The van der Waals surface area contributed by atoms with Crippen LogP contribution in [0.4, 0.5) is 5.69 Å². The second kappa shape index (κ2) is 8.20. The highest BCUT2D eigenvalue weighted by Crippen LogP contribution is 2.27. The SMILES string of the molecule is CCOC(=O)c1ccccc1NC(=O)Cn1c(-c2nnc(C)o2)cc2ccccc21. The minimum atomic E-state index is -0.484. The summed E-state index contributed by atoms with van der Waals surface area (Å²) in [5.41, 5.74) is 2.20. The molecular weight excluding hydrogens is 384 g/mol. The van der Waals surface area contributed by atoms with E-state index in [4.69, 9.17) is 9.15 Å². The number of carbonyl (C=O) groups excluding carboxylic acids is 2. The van der Waals surface area contributed by atoms with E-state index >= 15 is 0 Å². The fourth-order valence-corrected chi connectivity index (χ4v) is 3.27. The number of nitrogens with zero attached hydrogens (tertiary/aromatic N) is 3. The number of para-hydroxylation sites is 2. The summed E-state index contributed by atoms with van der Waals surface area (Å²) in [6.07, 6.45) is 0. The van der Waals surface area contributed by atoms with E-state index in [1.807, 2.05) is 34.9 Å². The Hall–Kier alpha value is -3.94. The average Bonchev–Trinajstić information content (AvgIpc) is 3.32. The normalized spacial score (nSPS) is 10.9. The molecule has 0 bridgehead atoms. The van der Waals surface area contributed by atoms with Crippen molar-refractivity contribution in [3.63, 3.8) is 0 Å². The molecule has 152 valence electrons. The number of rotatable bonds is 6. The Morgan fingerprint density at radius 3 is 2.63 bits per heavy atom. The third kappa shape index (κ3) is 3.80. The smallest absolute Gasteiger partial charge is 0.340 e. The summed E-state index contributed by atoms with van der Waals surface area (Å²) in [6, 6.07) is 16.3. The molecule has 2 heterocycles. The first-order chi connectivity index (χ1) is 14.6. The van der Waals surface area contributed by atoms with Gasteiger partial charge >= 0.3 is 5.97 Å². The van der Waals surface area contributed by atoms with Crippen molar-refractivity contribution in [3.05, 3.63) is 66.1 Å². The first kappa shape index (κ1) is 19.4. The molecule has 0 unspecified atom stereocenters. The van der Waals surface area contributed by atoms with Gasteiger partial charge in [0.05, 0.1) is 17.9 Å². The van der Waals surface area contributed by atoms with Crippen LogP contribution in [-0.2, 0) is 16.1 Å². The van der Waals surface area contributed by atoms with Crippen molar-refractivity contribution >= 4 is 28.5 Å². The molecule has 8 nitrogen and oxygen atoms in total. The number of nitrogens with one attached hydrogen (secondary N) is 1. The van der Waals surface area contributed by atoms with Crippen molar-refractivity contribution in [2.45, 2.75) is 20.4 Å². The first-order valence-electron chi connectivity index (χ1n) is 9.51. The third-order valence-corrected chi connectivity index (χ3v) is 4.55. The Labute approximate surface area is 172 Å². The molecule has 0 spiro atoms. The van der Waals surface area contributed by atoms with Crippen LogP contribution in [0.5, 0.6) is 0 Å². The highest BCUT2D eigenvalue weighted by Gasteiger charge is 2.19. The third-order valence-electron chi connectivity index (χ3n) is 4.55. The van der Waals surface area contributed by atoms with Crippen LogP contribution in [0, 0.1) is 6.92 Å². The lowest BCUT2D eigenvalue weighted by atomic mass is 10.2. The number of benzene rings is 2. The van der Waals surface area contributed by atoms with Crippen LogP contribution < -0.4 is 5.32 Å². The van der Waals surface area contributed by atoms with Crippen LogP contribution in [0.15, 0.2) is 59.0 Å². The quantitative estimate of drug-likeness (QED) is 0.491. The maximum atomic E-state index is 12.9. The van der Waals surface area contributed by atoms with Crippen molar-refractivity contribution in [3.8, 4) is 11.6 Å². The van der Waals surface area contributed by atoms with Gasteiger partial charge in [0, 0.05) is 17.8 Å². The molecule has 0 saturated carbocycles. The molecular formula is C22H20N4O4. The number of aromatic nitrogens is 3. The molecule has 4 aromatic rings. The van der Waals surface area contributed by atoms with Crippen LogP contribution >= 0.6 is 0 Å². The fraction of sp³-hybridized carbons (Fsp3) is 0.182. The minimum Gasteiger partial charge on any atom is -0.462 e. The molecule has 30 heavy (non-hydrogen) atoms. The molecule has 0 atom stereocenters. The molecule has 0 fully saturated rings. The molecule has 0 aliphatic rings. The Bertz CT molecular complexity index is 1220. The number of hydrogen-bond donors (Lipinski definition) is 1. The van der Waals surface area contributed by atoms with Crippen LogP contribution in [0.2, 0.25) is 0 Å². The Morgan fingerprint density at radius 1 is 1.10 bits per heavy atom. The molecule has 8 heteroatoms. The van der Waals surface area contributed by atoms with Gasteiger partial charge < -0.3 is 19.0 Å². The summed E-state index contributed by atoms with van der Waals surface area (Å²) >= 11 is 0. The van der Waals surface area contributed by atoms with Crippen LogP contribution in [0.3, 0.4) is 0 Å². The molecule has 0 aliphatic carbocycles. The highest BCUT2D eigenvalue weighted by molar-refractivity contribution is 6.01. The second-order valence-corrected chi connectivity index (χ2v) is 6.62. The monoisotopic (exact) mass is 404 g/mol. The molecule has 4 rings (SSSR count). The van der Waals surface area contributed by atoms with E-state index in [1.54, 1.807) is 38.1 Å². The molecule has 0 saturated heterocycles. The van der Waals surface area contributed by atoms with Gasteiger partial charge in [-0.15, -0.1) is 10.2 Å². The number of anilines is 1. The van der Waals surface area contributed by atoms with E-state index in [9.17, 15) is 9.59 Å². The summed E-state index contributed by atoms with van der Waals surface area (Å²) in [4.78, 5) is 25.1. The zero-order valence-corrected chi connectivity index (χ0v) is 16.6.